The van der Waals surface area contributed by atoms with E-state index in [2.05, 4.69) is 15.9 Å². The van der Waals surface area contributed by atoms with Crippen molar-refractivity contribution in [1.29, 1.82) is 0 Å². The van der Waals surface area contributed by atoms with Gasteiger partial charge in [-0.1, -0.05) is 64.0 Å². The molecule has 1 aliphatic heterocycles. The van der Waals surface area contributed by atoms with E-state index >= 15 is 0 Å². The Balaban J connectivity index is 2.19. The monoisotopic (exact) mass is 449 g/mol. The number of aliphatic carboxylic acids is 1. The standard InChI is InChI=1S/C20H20BrNO4S/c1-13-3-5-14(6-4-13)18-12-11-17(20(23)24)19(22(18)27(2,25)26)15-7-9-16(21)10-8-15/h3-11,18-19H,12H2,1-2H3,(H,23,24)/t18-,19-/m0/s1. The van der Waals surface area contributed by atoms with Gasteiger partial charge in [-0.25, -0.2) is 13.2 Å². The van der Waals surface area contributed by atoms with Crippen LogP contribution < -0.4 is 0 Å². The zero-order valence-electron chi connectivity index (χ0n) is 15.0. The lowest BCUT2D eigenvalue weighted by Gasteiger charge is -2.40. The Kier molecular flexibility index (Phi) is 5.55. The summed E-state index contributed by atoms with van der Waals surface area (Å²) in [7, 11) is -3.69. The zero-order chi connectivity index (χ0) is 19.8. The zero-order valence-corrected chi connectivity index (χ0v) is 17.4. The number of hydrogen-bond donors (Lipinski definition) is 1. The molecule has 5 nitrogen and oxygen atoms in total. The van der Waals surface area contributed by atoms with Gasteiger partial charge in [-0.2, -0.15) is 4.31 Å². The second kappa shape index (κ2) is 7.58. The number of hydrogen-bond acceptors (Lipinski definition) is 3. The number of carbonyl (C=O) groups is 1. The lowest BCUT2D eigenvalue weighted by Crippen LogP contribution is -2.41. The summed E-state index contributed by atoms with van der Waals surface area (Å²) in [4.78, 5) is 11.9. The Labute approximate surface area is 167 Å². The van der Waals surface area contributed by atoms with Gasteiger partial charge >= 0.3 is 5.97 Å². The SMILES string of the molecule is Cc1ccc([C@@H]2CC=C(C(=O)O)[C@H](c3ccc(Br)cc3)N2S(C)(=O)=O)cc1. The van der Waals surface area contributed by atoms with Crippen LogP contribution in [0.15, 0.2) is 64.7 Å². The number of benzene rings is 2. The van der Waals surface area contributed by atoms with Crippen molar-refractivity contribution in [3.05, 3.63) is 81.3 Å². The molecule has 3 rings (SSSR count). The summed E-state index contributed by atoms with van der Waals surface area (Å²) >= 11 is 3.36. The molecule has 7 heteroatoms. The van der Waals surface area contributed by atoms with Crippen LogP contribution in [-0.2, 0) is 14.8 Å². The summed E-state index contributed by atoms with van der Waals surface area (Å²) < 4.78 is 27.7. The van der Waals surface area contributed by atoms with Crippen LogP contribution >= 0.6 is 15.9 Å². The van der Waals surface area contributed by atoms with Crippen molar-refractivity contribution in [3.63, 3.8) is 0 Å². The van der Waals surface area contributed by atoms with Crippen LogP contribution in [0.1, 0.15) is 35.2 Å². The predicted molar refractivity (Wildman–Crippen MR) is 108 cm³/mol. The first-order valence-corrected chi connectivity index (χ1v) is 11.1. The van der Waals surface area contributed by atoms with Gasteiger partial charge in [-0.15, -0.1) is 0 Å². The average Bonchev–Trinajstić information content (AvgIpc) is 2.61. The summed E-state index contributed by atoms with van der Waals surface area (Å²) in [5.74, 6) is -1.11. The molecular formula is C20H20BrNO4S. The van der Waals surface area contributed by atoms with E-state index in [1.807, 2.05) is 31.2 Å². The highest BCUT2D eigenvalue weighted by atomic mass is 79.9. The van der Waals surface area contributed by atoms with E-state index in [-0.39, 0.29) is 5.57 Å². The highest BCUT2D eigenvalue weighted by Crippen LogP contribution is 2.43. The number of rotatable bonds is 4. The third-order valence-electron chi connectivity index (χ3n) is 4.70. The van der Waals surface area contributed by atoms with Crippen molar-refractivity contribution in [2.45, 2.75) is 25.4 Å². The second-order valence-corrected chi connectivity index (χ2v) is 9.48. The molecule has 0 bridgehead atoms. The van der Waals surface area contributed by atoms with Gasteiger partial charge in [0.05, 0.1) is 23.9 Å². The van der Waals surface area contributed by atoms with Crippen LogP contribution in [0.25, 0.3) is 0 Å². The maximum absolute atomic E-state index is 12.8. The van der Waals surface area contributed by atoms with Gasteiger partial charge in [-0.05, 0) is 36.6 Å². The topological polar surface area (TPSA) is 74.7 Å². The summed E-state index contributed by atoms with van der Waals surface area (Å²) in [5, 5.41) is 9.70. The van der Waals surface area contributed by atoms with Gasteiger partial charge in [0.1, 0.15) is 0 Å². The fourth-order valence-corrected chi connectivity index (χ4v) is 4.99. The Morgan fingerprint density at radius 3 is 2.15 bits per heavy atom. The first-order chi connectivity index (χ1) is 12.7. The fourth-order valence-electron chi connectivity index (χ4n) is 3.44. The van der Waals surface area contributed by atoms with E-state index < -0.39 is 28.1 Å². The summed E-state index contributed by atoms with van der Waals surface area (Å²) in [5.41, 5.74) is 2.61. The Morgan fingerprint density at radius 1 is 1.07 bits per heavy atom. The van der Waals surface area contributed by atoms with Crippen LogP contribution in [0.5, 0.6) is 0 Å². The van der Waals surface area contributed by atoms with Gasteiger partial charge in [0.2, 0.25) is 10.0 Å². The van der Waals surface area contributed by atoms with E-state index in [0.717, 1.165) is 21.9 Å². The van der Waals surface area contributed by atoms with Crippen LogP contribution in [0.4, 0.5) is 0 Å². The molecule has 2 atom stereocenters. The minimum atomic E-state index is -3.69. The molecule has 142 valence electrons. The van der Waals surface area contributed by atoms with Crippen molar-refractivity contribution in [2.75, 3.05) is 6.26 Å². The van der Waals surface area contributed by atoms with Gasteiger partial charge < -0.3 is 5.11 Å². The maximum atomic E-state index is 12.8. The van der Waals surface area contributed by atoms with Crippen LogP contribution in [0, 0.1) is 6.92 Å². The predicted octanol–water partition coefficient (Wildman–Crippen LogP) is 4.22. The maximum Gasteiger partial charge on any atom is 0.333 e. The molecule has 0 aromatic heterocycles. The first-order valence-electron chi connectivity index (χ1n) is 8.42. The van der Waals surface area contributed by atoms with E-state index in [1.165, 1.54) is 4.31 Å². The molecule has 27 heavy (non-hydrogen) atoms. The minimum Gasteiger partial charge on any atom is -0.478 e. The first kappa shape index (κ1) is 19.8. The third kappa shape index (κ3) is 4.15. The van der Waals surface area contributed by atoms with Gasteiger partial charge in [0.25, 0.3) is 0 Å². The number of carboxylic acid groups (broad SMARTS) is 1. The summed E-state index contributed by atoms with van der Waals surface area (Å²) in [6.07, 6.45) is 3.08. The lowest BCUT2D eigenvalue weighted by atomic mass is 9.89. The molecule has 1 aliphatic rings. The summed E-state index contributed by atoms with van der Waals surface area (Å²) in [6.45, 7) is 1.96. The molecule has 2 aromatic rings. The van der Waals surface area contributed by atoms with Crippen molar-refractivity contribution in [3.8, 4) is 0 Å². The molecule has 0 saturated carbocycles. The van der Waals surface area contributed by atoms with Crippen molar-refractivity contribution in [1.82, 2.24) is 4.31 Å². The van der Waals surface area contributed by atoms with Crippen LogP contribution in [0.2, 0.25) is 0 Å². The van der Waals surface area contributed by atoms with Crippen molar-refractivity contribution >= 4 is 31.9 Å². The molecule has 1 N–H and O–H groups in total. The highest BCUT2D eigenvalue weighted by Gasteiger charge is 2.42. The van der Waals surface area contributed by atoms with Gasteiger partial charge in [0, 0.05) is 4.47 Å². The largest absolute Gasteiger partial charge is 0.478 e. The molecule has 0 fully saturated rings. The molecule has 2 aromatic carbocycles. The smallest absolute Gasteiger partial charge is 0.333 e. The normalized spacial score (nSPS) is 20.9. The van der Waals surface area contributed by atoms with Crippen LogP contribution in [0.3, 0.4) is 0 Å². The van der Waals surface area contributed by atoms with E-state index in [1.54, 1.807) is 30.3 Å². The van der Waals surface area contributed by atoms with Crippen LogP contribution in [-0.4, -0.2) is 30.1 Å². The van der Waals surface area contributed by atoms with Gasteiger partial charge in [-0.3, -0.25) is 0 Å². The van der Waals surface area contributed by atoms with E-state index in [0.29, 0.717) is 12.0 Å². The van der Waals surface area contributed by atoms with Crippen molar-refractivity contribution < 1.29 is 18.3 Å². The number of carboxylic acids is 1. The average molecular weight is 450 g/mol. The molecule has 0 unspecified atom stereocenters. The van der Waals surface area contributed by atoms with E-state index in [4.69, 9.17) is 0 Å². The number of aryl methyl sites for hydroxylation is 1. The fraction of sp³-hybridized carbons (Fsp3) is 0.250. The molecule has 0 radical (unpaired) electrons. The molecular weight excluding hydrogens is 430 g/mol. The molecule has 1 heterocycles. The third-order valence-corrected chi connectivity index (χ3v) is 6.45. The number of nitrogens with zero attached hydrogens (tertiary/aromatic N) is 1. The Bertz CT molecular complexity index is 982. The van der Waals surface area contributed by atoms with Gasteiger partial charge in [0.15, 0.2) is 0 Å². The van der Waals surface area contributed by atoms with Crippen molar-refractivity contribution in [2.24, 2.45) is 0 Å². The molecule has 0 amide bonds. The number of halogens is 1. The number of sulfonamides is 1. The molecule has 0 saturated heterocycles. The molecule has 0 spiro atoms. The second-order valence-electron chi connectivity index (χ2n) is 6.67. The Hall–Kier alpha value is -1.96. The molecule has 0 aliphatic carbocycles. The highest BCUT2D eigenvalue weighted by molar-refractivity contribution is 9.10. The summed E-state index contributed by atoms with van der Waals surface area (Å²) in [6, 6.07) is 13.4. The lowest BCUT2D eigenvalue weighted by molar-refractivity contribution is -0.133. The Morgan fingerprint density at radius 2 is 1.63 bits per heavy atom. The minimum absolute atomic E-state index is 0.0751. The quantitative estimate of drug-likeness (QED) is 0.757. The van der Waals surface area contributed by atoms with E-state index in [9.17, 15) is 18.3 Å².